The normalized spacial score (nSPS) is 12.0. The third kappa shape index (κ3) is 5.67. The fourth-order valence-electron chi connectivity index (χ4n) is 3.91. The van der Waals surface area contributed by atoms with E-state index in [0.29, 0.717) is 34.6 Å². The van der Waals surface area contributed by atoms with Crippen LogP contribution in [0.15, 0.2) is 65.4 Å². The van der Waals surface area contributed by atoms with Crippen LogP contribution in [0.4, 0.5) is 4.39 Å². The summed E-state index contributed by atoms with van der Waals surface area (Å²) in [5.41, 5.74) is 8.98. The number of methoxy groups -OCH3 is 1. The number of benzene rings is 2. The Bertz CT molecular complexity index is 1320. The van der Waals surface area contributed by atoms with Gasteiger partial charge >= 0.3 is 5.97 Å². The van der Waals surface area contributed by atoms with Crippen molar-refractivity contribution in [3.8, 4) is 16.9 Å². The lowest BCUT2D eigenvalue weighted by atomic mass is 9.99. The lowest BCUT2D eigenvalue weighted by molar-refractivity contribution is -0.149. The molecule has 0 amide bonds. The van der Waals surface area contributed by atoms with Crippen molar-refractivity contribution in [3.63, 3.8) is 0 Å². The van der Waals surface area contributed by atoms with Gasteiger partial charge in [0, 0.05) is 36.4 Å². The highest BCUT2D eigenvalue weighted by Crippen LogP contribution is 2.33. The quantitative estimate of drug-likeness (QED) is 0.327. The highest BCUT2D eigenvalue weighted by molar-refractivity contribution is 5.94. The van der Waals surface area contributed by atoms with Crippen LogP contribution in [0, 0.1) is 5.82 Å². The van der Waals surface area contributed by atoms with Gasteiger partial charge in [0.1, 0.15) is 24.0 Å². The first kappa shape index (κ1) is 24.4. The number of hydrogen-bond donors (Lipinski definition) is 1. The Balaban J connectivity index is 1.57. The number of hydrogen-bond acceptors (Lipinski definition) is 7. The van der Waals surface area contributed by atoms with Crippen molar-refractivity contribution in [2.24, 2.45) is 5.73 Å². The Morgan fingerprint density at radius 2 is 2.00 bits per heavy atom. The molecule has 1 unspecified atom stereocenters. The number of carbonyl (C=O) groups excluding carboxylic acids is 1. The Kier molecular flexibility index (Phi) is 7.74. The summed E-state index contributed by atoms with van der Waals surface area (Å²) >= 11 is 0. The summed E-state index contributed by atoms with van der Waals surface area (Å²) in [4.78, 5) is 16.3. The van der Waals surface area contributed by atoms with Crippen molar-refractivity contribution < 1.29 is 27.8 Å². The van der Waals surface area contributed by atoms with E-state index in [-0.39, 0.29) is 37.3 Å². The minimum atomic E-state index is -0.456. The SMILES string of the molecule is COCC(C)OC(=O)Cc1ccccc1OCc1cc(-c2ccnc(CN)c2F)c2ccoc2c1. The van der Waals surface area contributed by atoms with Crippen LogP contribution in [0.3, 0.4) is 0 Å². The maximum absolute atomic E-state index is 15.0. The Morgan fingerprint density at radius 1 is 1.17 bits per heavy atom. The van der Waals surface area contributed by atoms with Crippen molar-refractivity contribution in [1.29, 1.82) is 0 Å². The van der Waals surface area contributed by atoms with Gasteiger partial charge in [-0.25, -0.2) is 4.39 Å². The van der Waals surface area contributed by atoms with Crippen LogP contribution in [-0.4, -0.2) is 30.8 Å². The second kappa shape index (κ2) is 11.1. The second-order valence-corrected chi connectivity index (χ2v) is 8.13. The van der Waals surface area contributed by atoms with Gasteiger partial charge in [-0.1, -0.05) is 18.2 Å². The summed E-state index contributed by atoms with van der Waals surface area (Å²) in [6, 6.07) is 14.4. The maximum Gasteiger partial charge on any atom is 0.310 e. The number of nitrogens with two attached hydrogens (primary N) is 1. The van der Waals surface area contributed by atoms with Crippen LogP contribution in [0.25, 0.3) is 22.1 Å². The molecule has 0 aliphatic rings. The number of fused-ring (bicyclic) bond motifs is 1. The molecular weight excluding hydrogens is 451 g/mol. The van der Waals surface area contributed by atoms with Crippen LogP contribution < -0.4 is 10.5 Å². The van der Waals surface area contributed by atoms with Crippen molar-refractivity contribution >= 4 is 16.9 Å². The zero-order valence-electron chi connectivity index (χ0n) is 19.6. The third-order valence-electron chi connectivity index (χ3n) is 5.51. The number of rotatable bonds is 10. The average Bonchev–Trinajstić information content (AvgIpc) is 3.32. The van der Waals surface area contributed by atoms with Crippen LogP contribution in [0.2, 0.25) is 0 Å². The Labute approximate surface area is 202 Å². The molecule has 0 aliphatic carbocycles. The van der Waals surface area contributed by atoms with E-state index in [1.54, 1.807) is 44.7 Å². The zero-order valence-corrected chi connectivity index (χ0v) is 19.6. The summed E-state index contributed by atoms with van der Waals surface area (Å²) < 4.78 is 37.1. The molecule has 2 aromatic heterocycles. The molecule has 7 nitrogen and oxygen atoms in total. The van der Waals surface area contributed by atoms with E-state index < -0.39 is 5.82 Å². The fraction of sp³-hybridized carbons (Fsp3) is 0.259. The molecule has 4 aromatic rings. The minimum Gasteiger partial charge on any atom is -0.489 e. The van der Waals surface area contributed by atoms with Gasteiger partial charge in [0.15, 0.2) is 5.82 Å². The number of ether oxygens (including phenoxy) is 3. The van der Waals surface area contributed by atoms with E-state index in [9.17, 15) is 4.79 Å². The lowest BCUT2D eigenvalue weighted by Gasteiger charge is -2.15. The minimum absolute atomic E-state index is 0.000466. The van der Waals surface area contributed by atoms with Gasteiger partial charge < -0.3 is 24.4 Å². The summed E-state index contributed by atoms with van der Waals surface area (Å²) in [6.45, 7) is 2.29. The zero-order chi connectivity index (χ0) is 24.8. The smallest absolute Gasteiger partial charge is 0.310 e. The summed E-state index contributed by atoms with van der Waals surface area (Å²) in [5.74, 6) is -0.263. The highest BCUT2D eigenvalue weighted by Gasteiger charge is 2.17. The summed E-state index contributed by atoms with van der Waals surface area (Å²) in [6.07, 6.45) is 2.83. The van der Waals surface area contributed by atoms with E-state index in [1.165, 1.54) is 0 Å². The van der Waals surface area contributed by atoms with Gasteiger partial charge in [-0.3, -0.25) is 9.78 Å². The van der Waals surface area contributed by atoms with Crippen molar-refractivity contribution in [3.05, 3.63) is 83.6 Å². The number of carbonyl (C=O) groups is 1. The second-order valence-electron chi connectivity index (χ2n) is 8.13. The average molecular weight is 479 g/mol. The molecule has 0 saturated carbocycles. The van der Waals surface area contributed by atoms with Crippen molar-refractivity contribution in [2.45, 2.75) is 32.6 Å². The van der Waals surface area contributed by atoms with Crippen LogP contribution in [0.1, 0.15) is 23.7 Å². The number of furan rings is 1. The predicted molar refractivity (Wildman–Crippen MR) is 129 cm³/mol. The fourth-order valence-corrected chi connectivity index (χ4v) is 3.91. The van der Waals surface area contributed by atoms with E-state index in [4.69, 9.17) is 24.4 Å². The first-order valence-corrected chi connectivity index (χ1v) is 11.2. The van der Waals surface area contributed by atoms with Crippen LogP contribution in [-0.2, 0) is 33.8 Å². The van der Waals surface area contributed by atoms with Gasteiger partial charge in [-0.05, 0) is 48.4 Å². The molecular formula is C27H27FN2O5. The number of aromatic nitrogens is 1. The molecule has 2 N–H and O–H groups in total. The molecule has 4 rings (SSSR count). The van der Waals surface area contributed by atoms with Crippen molar-refractivity contribution in [2.75, 3.05) is 13.7 Å². The molecule has 0 aliphatic heterocycles. The molecule has 0 fully saturated rings. The Morgan fingerprint density at radius 3 is 2.80 bits per heavy atom. The van der Waals surface area contributed by atoms with Crippen molar-refractivity contribution in [1.82, 2.24) is 4.98 Å². The Hall–Kier alpha value is -3.75. The molecule has 1 atom stereocenters. The topological polar surface area (TPSA) is 96.8 Å². The van der Waals surface area contributed by atoms with Crippen LogP contribution in [0.5, 0.6) is 5.75 Å². The van der Waals surface area contributed by atoms with E-state index in [1.807, 2.05) is 30.3 Å². The summed E-state index contributed by atoms with van der Waals surface area (Å²) in [7, 11) is 1.55. The van der Waals surface area contributed by atoms with E-state index >= 15 is 4.39 Å². The van der Waals surface area contributed by atoms with Crippen LogP contribution >= 0.6 is 0 Å². The van der Waals surface area contributed by atoms with Gasteiger partial charge in [-0.2, -0.15) is 0 Å². The molecule has 2 aromatic carbocycles. The number of halogens is 1. The van der Waals surface area contributed by atoms with Gasteiger partial charge in [0.05, 0.1) is 25.0 Å². The number of para-hydroxylation sites is 1. The monoisotopic (exact) mass is 478 g/mol. The first-order chi connectivity index (χ1) is 17.0. The summed E-state index contributed by atoms with van der Waals surface area (Å²) in [5, 5.41) is 0.773. The molecule has 8 heteroatoms. The molecule has 2 heterocycles. The standard InChI is InChI=1S/C27H27FN2O5/c1-17(15-32-2)35-26(31)13-19-5-3-4-6-24(19)34-16-18-11-22(20-8-10-33-25(20)12-18)21-7-9-30-23(14-29)27(21)28/h3-12,17H,13-16,29H2,1-2H3. The van der Waals surface area contributed by atoms with Gasteiger partial charge in [-0.15, -0.1) is 0 Å². The van der Waals surface area contributed by atoms with Gasteiger partial charge in [0.2, 0.25) is 0 Å². The predicted octanol–water partition coefficient (Wildman–Crippen LogP) is 4.79. The first-order valence-electron chi connectivity index (χ1n) is 11.2. The maximum atomic E-state index is 15.0. The highest BCUT2D eigenvalue weighted by atomic mass is 19.1. The number of pyridine rings is 1. The lowest BCUT2D eigenvalue weighted by Crippen LogP contribution is -2.21. The molecule has 182 valence electrons. The molecule has 0 saturated heterocycles. The largest absolute Gasteiger partial charge is 0.489 e. The van der Waals surface area contributed by atoms with E-state index in [2.05, 4.69) is 4.98 Å². The van der Waals surface area contributed by atoms with E-state index in [0.717, 1.165) is 10.9 Å². The molecule has 0 bridgehead atoms. The molecule has 35 heavy (non-hydrogen) atoms. The molecule has 0 radical (unpaired) electrons. The number of nitrogens with zero attached hydrogens (tertiary/aromatic N) is 1. The van der Waals surface area contributed by atoms with Gasteiger partial charge in [0.25, 0.3) is 0 Å². The number of esters is 1. The molecule has 0 spiro atoms. The third-order valence-corrected chi connectivity index (χ3v) is 5.51.